The minimum Gasteiger partial charge on any atom is -0.336 e. The van der Waals surface area contributed by atoms with Crippen molar-refractivity contribution >= 4 is 5.91 Å². The van der Waals surface area contributed by atoms with Crippen LogP contribution in [0.3, 0.4) is 0 Å². The van der Waals surface area contributed by atoms with Gasteiger partial charge in [-0.25, -0.2) is 9.37 Å². The normalized spacial score (nSPS) is 20.4. The predicted molar refractivity (Wildman–Crippen MR) is 96.4 cm³/mol. The van der Waals surface area contributed by atoms with Crippen LogP contribution in [0.4, 0.5) is 4.39 Å². The zero-order valence-corrected chi connectivity index (χ0v) is 14.9. The number of carbonyl (C=O) groups is 1. The molecule has 1 atom stereocenters. The lowest BCUT2D eigenvalue weighted by Crippen LogP contribution is -2.44. The zero-order valence-electron chi connectivity index (χ0n) is 14.9. The Bertz CT molecular complexity index is 1000. The Balaban J connectivity index is 1.81. The topological polar surface area (TPSA) is 38.1 Å². The molecule has 5 heteroatoms. The Hall–Kier alpha value is -2.69. The van der Waals surface area contributed by atoms with Gasteiger partial charge in [0.2, 0.25) is 5.91 Å². The second kappa shape index (κ2) is 5.16. The van der Waals surface area contributed by atoms with Crippen LogP contribution in [0, 0.1) is 5.82 Å². The van der Waals surface area contributed by atoms with Gasteiger partial charge in [-0.3, -0.25) is 4.79 Å². The SMILES string of the molecule is CC(=O)N1CC2(CC2)c2c3cccn(C)c-3nc2C1c1cccc(F)c1. The molecule has 26 heavy (non-hydrogen) atoms. The number of hydrogen-bond acceptors (Lipinski definition) is 2. The van der Waals surface area contributed by atoms with E-state index in [1.54, 1.807) is 13.0 Å². The predicted octanol–water partition coefficient (Wildman–Crippen LogP) is 3.65. The van der Waals surface area contributed by atoms with Crippen molar-refractivity contribution in [3.8, 4) is 11.4 Å². The van der Waals surface area contributed by atoms with Crippen LogP contribution in [0.2, 0.25) is 0 Å². The van der Waals surface area contributed by atoms with Crippen LogP contribution in [0.25, 0.3) is 11.4 Å². The van der Waals surface area contributed by atoms with Gasteiger partial charge in [0.1, 0.15) is 11.6 Å². The Labute approximate surface area is 151 Å². The fourth-order valence-corrected chi connectivity index (χ4v) is 4.51. The summed E-state index contributed by atoms with van der Waals surface area (Å²) in [5.74, 6) is 0.643. The smallest absolute Gasteiger partial charge is 0.220 e. The van der Waals surface area contributed by atoms with Crippen molar-refractivity contribution in [3.05, 3.63) is 65.2 Å². The Morgan fingerprint density at radius 1 is 1.27 bits per heavy atom. The third kappa shape index (κ3) is 2.06. The summed E-state index contributed by atoms with van der Waals surface area (Å²) in [5.41, 5.74) is 4.12. The average molecular weight is 349 g/mol. The van der Waals surface area contributed by atoms with Crippen molar-refractivity contribution in [2.75, 3.05) is 6.54 Å². The number of pyridine rings is 1. The molecule has 1 aromatic rings. The van der Waals surface area contributed by atoms with E-state index in [1.807, 2.05) is 34.8 Å². The number of nitrogens with zero attached hydrogens (tertiary/aromatic N) is 3. The number of amides is 1. The van der Waals surface area contributed by atoms with Crippen molar-refractivity contribution in [1.29, 1.82) is 0 Å². The lowest BCUT2D eigenvalue weighted by Gasteiger charge is -2.39. The van der Waals surface area contributed by atoms with Crippen LogP contribution < -0.4 is 0 Å². The molecule has 1 unspecified atom stereocenters. The number of halogens is 1. The Morgan fingerprint density at radius 2 is 2.08 bits per heavy atom. The summed E-state index contributed by atoms with van der Waals surface area (Å²) in [7, 11) is 1.99. The van der Waals surface area contributed by atoms with Crippen LogP contribution in [0.5, 0.6) is 0 Å². The van der Waals surface area contributed by atoms with Gasteiger partial charge in [-0.05, 0) is 48.2 Å². The van der Waals surface area contributed by atoms with E-state index in [0.717, 1.165) is 35.5 Å². The first-order chi connectivity index (χ1) is 12.5. The molecule has 0 radical (unpaired) electrons. The lowest BCUT2D eigenvalue weighted by molar-refractivity contribution is -0.131. The fraction of sp³-hybridized carbons (Fsp3) is 0.333. The molecule has 1 aliphatic carbocycles. The second-order valence-electron chi connectivity index (χ2n) is 7.61. The van der Waals surface area contributed by atoms with Crippen LogP contribution in [-0.2, 0) is 17.3 Å². The lowest BCUT2D eigenvalue weighted by atomic mass is 9.82. The monoisotopic (exact) mass is 349 g/mol. The maximum Gasteiger partial charge on any atom is 0.220 e. The van der Waals surface area contributed by atoms with Crippen molar-refractivity contribution in [2.24, 2.45) is 7.05 Å². The van der Waals surface area contributed by atoms with Crippen molar-refractivity contribution in [3.63, 3.8) is 0 Å². The highest BCUT2D eigenvalue weighted by Crippen LogP contribution is 2.58. The largest absolute Gasteiger partial charge is 0.336 e. The highest BCUT2D eigenvalue weighted by atomic mass is 19.1. The number of fused-ring (bicyclic) bond motifs is 4. The summed E-state index contributed by atoms with van der Waals surface area (Å²) in [6.45, 7) is 2.27. The van der Waals surface area contributed by atoms with E-state index < -0.39 is 0 Å². The molecular weight excluding hydrogens is 329 g/mol. The molecule has 0 aromatic heterocycles. The zero-order chi connectivity index (χ0) is 18.1. The molecule has 0 N–H and O–H groups in total. The molecule has 0 bridgehead atoms. The van der Waals surface area contributed by atoms with E-state index in [9.17, 15) is 9.18 Å². The standard InChI is InChI=1S/C21H20FN3O/c1-13(26)25-12-21(8-9-21)17-16-7-4-10-24(2)20(16)23-18(17)19(25)14-5-3-6-15(22)11-14/h3-7,10-11,19H,8-9,12H2,1-2H3. The second-order valence-corrected chi connectivity index (χ2v) is 7.61. The van der Waals surface area contributed by atoms with E-state index >= 15 is 0 Å². The molecule has 132 valence electrons. The Morgan fingerprint density at radius 3 is 2.77 bits per heavy atom. The van der Waals surface area contributed by atoms with Crippen LogP contribution in [0.1, 0.15) is 42.6 Å². The molecule has 4 nitrogen and oxygen atoms in total. The molecule has 5 rings (SSSR count). The van der Waals surface area contributed by atoms with Gasteiger partial charge in [0, 0.05) is 37.7 Å². The van der Waals surface area contributed by atoms with Gasteiger partial charge < -0.3 is 9.47 Å². The van der Waals surface area contributed by atoms with Gasteiger partial charge in [0.05, 0.1) is 11.7 Å². The summed E-state index contributed by atoms with van der Waals surface area (Å²) in [5, 5.41) is 0. The number of hydrogen-bond donors (Lipinski definition) is 0. The van der Waals surface area contributed by atoms with Crippen LogP contribution >= 0.6 is 0 Å². The summed E-state index contributed by atoms with van der Waals surface area (Å²) in [6.07, 6.45) is 4.12. The minimum atomic E-state index is -0.336. The van der Waals surface area contributed by atoms with Crippen LogP contribution in [-0.4, -0.2) is 26.9 Å². The molecule has 0 saturated heterocycles. The quantitative estimate of drug-likeness (QED) is 0.673. The highest BCUT2D eigenvalue weighted by molar-refractivity contribution is 5.78. The first-order valence-corrected chi connectivity index (χ1v) is 8.98. The molecular formula is C21H20FN3O. The van der Waals surface area contributed by atoms with E-state index in [-0.39, 0.29) is 23.2 Å². The summed E-state index contributed by atoms with van der Waals surface area (Å²) >= 11 is 0. The third-order valence-electron chi connectivity index (χ3n) is 5.90. The van der Waals surface area contributed by atoms with E-state index in [1.165, 1.54) is 17.7 Å². The molecule has 3 aliphatic heterocycles. The van der Waals surface area contributed by atoms with Crippen molar-refractivity contribution in [2.45, 2.75) is 31.2 Å². The van der Waals surface area contributed by atoms with Gasteiger partial charge in [-0.1, -0.05) is 12.1 Å². The number of benzene rings is 1. The first-order valence-electron chi connectivity index (χ1n) is 8.98. The van der Waals surface area contributed by atoms with E-state index in [0.29, 0.717) is 6.54 Å². The minimum absolute atomic E-state index is 0.00705. The van der Waals surface area contributed by atoms with Gasteiger partial charge in [0.25, 0.3) is 0 Å². The summed E-state index contributed by atoms with van der Waals surface area (Å²) in [4.78, 5) is 19.3. The van der Waals surface area contributed by atoms with Gasteiger partial charge in [-0.2, -0.15) is 0 Å². The first kappa shape index (κ1) is 15.6. The van der Waals surface area contributed by atoms with Gasteiger partial charge in [-0.15, -0.1) is 0 Å². The molecule has 1 fully saturated rings. The molecule has 1 amide bonds. The highest BCUT2D eigenvalue weighted by Gasteiger charge is 2.55. The molecule has 1 aromatic carbocycles. The van der Waals surface area contributed by atoms with E-state index in [4.69, 9.17) is 4.98 Å². The maximum absolute atomic E-state index is 13.9. The molecule has 1 saturated carbocycles. The molecule has 3 heterocycles. The van der Waals surface area contributed by atoms with Gasteiger partial charge in [0.15, 0.2) is 0 Å². The Kier molecular flexibility index (Phi) is 3.09. The third-order valence-corrected chi connectivity index (χ3v) is 5.90. The summed E-state index contributed by atoms with van der Waals surface area (Å²) in [6, 6.07) is 10.4. The number of aryl methyl sites for hydroxylation is 1. The van der Waals surface area contributed by atoms with Crippen molar-refractivity contribution in [1.82, 2.24) is 14.5 Å². The summed E-state index contributed by atoms with van der Waals surface area (Å²) < 4.78 is 15.9. The van der Waals surface area contributed by atoms with Crippen LogP contribution in [0.15, 0.2) is 42.6 Å². The molecule has 4 aliphatic rings. The van der Waals surface area contributed by atoms with E-state index in [2.05, 4.69) is 6.07 Å². The fourth-order valence-electron chi connectivity index (χ4n) is 4.51. The number of rotatable bonds is 1. The van der Waals surface area contributed by atoms with Gasteiger partial charge >= 0.3 is 0 Å². The maximum atomic E-state index is 13.9. The van der Waals surface area contributed by atoms with Crippen molar-refractivity contribution < 1.29 is 9.18 Å². The number of carbonyl (C=O) groups excluding carboxylic acids is 1. The average Bonchev–Trinajstić information content (AvgIpc) is 3.24. The molecule has 1 spiro atoms. The number of aromatic nitrogens is 2.